The lowest BCUT2D eigenvalue weighted by Gasteiger charge is -2.36. The Labute approximate surface area is 108 Å². The van der Waals surface area contributed by atoms with E-state index in [1.165, 1.54) is 19.3 Å². The van der Waals surface area contributed by atoms with Crippen LogP contribution in [0.25, 0.3) is 0 Å². The quantitative estimate of drug-likeness (QED) is 0.778. The van der Waals surface area contributed by atoms with Crippen LogP contribution >= 0.6 is 0 Å². The van der Waals surface area contributed by atoms with Crippen molar-refractivity contribution in [1.82, 2.24) is 15.5 Å². The highest BCUT2D eigenvalue weighted by atomic mass is 16.2. The summed E-state index contributed by atoms with van der Waals surface area (Å²) in [7, 11) is 0. The number of nitrogens with one attached hydrogen (secondary N) is 2. The van der Waals surface area contributed by atoms with Gasteiger partial charge in [0.1, 0.15) is 6.04 Å². The van der Waals surface area contributed by atoms with Crippen molar-refractivity contribution < 1.29 is 9.59 Å². The zero-order valence-electron chi connectivity index (χ0n) is 11.1. The molecule has 2 N–H and O–H groups in total. The molecule has 1 saturated carbocycles. The standard InChI is InChI=1S/C13H23N3O2/c1-2-11-12(17)14-8-9-16(11)13(18)15-10-6-4-3-5-7-10/h10-11H,2-9H2,1H3,(H,14,17)(H,15,18). The summed E-state index contributed by atoms with van der Waals surface area (Å²) >= 11 is 0. The van der Waals surface area contributed by atoms with Crippen LogP contribution in [-0.2, 0) is 4.79 Å². The first-order valence-electron chi connectivity index (χ1n) is 7.07. The Morgan fingerprint density at radius 2 is 2.11 bits per heavy atom. The molecule has 2 fully saturated rings. The van der Waals surface area contributed by atoms with Crippen molar-refractivity contribution in [1.29, 1.82) is 0 Å². The predicted molar refractivity (Wildman–Crippen MR) is 69.2 cm³/mol. The van der Waals surface area contributed by atoms with Crippen molar-refractivity contribution in [2.24, 2.45) is 0 Å². The van der Waals surface area contributed by atoms with Crippen LogP contribution in [0.4, 0.5) is 4.79 Å². The van der Waals surface area contributed by atoms with Crippen molar-refractivity contribution in [2.45, 2.75) is 57.5 Å². The lowest BCUT2D eigenvalue weighted by molar-refractivity contribution is -0.127. The van der Waals surface area contributed by atoms with Gasteiger partial charge < -0.3 is 15.5 Å². The third kappa shape index (κ3) is 2.94. The highest BCUT2D eigenvalue weighted by molar-refractivity contribution is 5.88. The molecule has 1 aliphatic heterocycles. The van der Waals surface area contributed by atoms with Gasteiger partial charge in [-0.1, -0.05) is 26.2 Å². The second-order valence-electron chi connectivity index (χ2n) is 5.19. The van der Waals surface area contributed by atoms with Crippen LogP contribution in [0.15, 0.2) is 0 Å². The minimum absolute atomic E-state index is 0.0254. The van der Waals surface area contributed by atoms with Crippen molar-refractivity contribution in [3.05, 3.63) is 0 Å². The van der Waals surface area contributed by atoms with E-state index < -0.39 is 0 Å². The summed E-state index contributed by atoms with van der Waals surface area (Å²) in [6.45, 7) is 3.12. The third-order valence-corrected chi connectivity index (χ3v) is 3.91. The molecule has 1 aliphatic carbocycles. The highest BCUT2D eigenvalue weighted by Crippen LogP contribution is 2.18. The molecule has 18 heavy (non-hydrogen) atoms. The number of amides is 3. The van der Waals surface area contributed by atoms with Crippen molar-refractivity contribution in [3.8, 4) is 0 Å². The normalized spacial score (nSPS) is 25.7. The zero-order chi connectivity index (χ0) is 13.0. The van der Waals surface area contributed by atoms with Crippen molar-refractivity contribution >= 4 is 11.9 Å². The van der Waals surface area contributed by atoms with Gasteiger partial charge in [0, 0.05) is 19.1 Å². The molecule has 102 valence electrons. The van der Waals surface area contributed by atoms with Gasteiger partial charge in [-0.2, -0.15) is 0 Å². The van der Waals surface area contributed by atoms with E-state index in [-0.39, 0.29) is 18.0 Å². The van der Waals surface area contributed by atoms with Gasteiger partial charge in [0.25, 0.3) is 0 Å². The van der Waals surface area contributed by atoms with E-state index in [1.807, 2.05) is 6.92 Å². The number of hydrogen-bond acceptors (Lipinski definition) is 2. The minimum Gasteiger partial charge on any atom is -0.353 e. The number of urea groups is 1. The van der Waals surface area contributed by atoms with Gasteiger partial charge in [0.15, 0.2) is 0 Å². The summed E-state index contributed by atoms with van der Waals surface area (Å²) in [6, 6.07) is -0.0697. The van der Waals surface area contributed by atoms with Crippen molar-refractivity contribution in [2.75, 3.05) is 13.1 Å². The summed E-state index contributed by atoms with van der Waals surface area (Å²) in [5, 5.41) is 5.89. The van der Waals surface area contributed by atoms with E-state index >= 15 is 0 Å². The lowest BCUT2D eigenvalue weighted by Crippen LogP contribution is -2.60. The van der Waals surface area contributed by atoms with Crippen molar-refractivity contribution in [3.63, 3.8) is 0 Å². The molecule has 1 atom stereocenters. The molecule has 5 heteroatoms. The molecule has 0 bridgehead atoms. The van der Waals surface area contributed by atoms with Gasteiger partial charge >= 0.3 is 6.03 Å². The van der Waals surface area contributed by atoms with Gasteiger partial charge in [-0.3, -0.25) is 4.79 Å². The van der Waals surface area contributed by atoms with Gasteiger partial charge in [-0.15, -0.1) is 0 Å². The van der Waals surface area contributed by atoms with Gasteiger partial charge in [0.2, 0.25) is 5.91 Å². The number of carbonyl (C=O) groups is 2. The Kier molecular flexibility index (Phi) is 4.44. The zero-order valence-corrected chi connectivity index (χ0v) is 11.1. The Hall–Kier alpha value is -1.26. The van der Waals surface area contributed by atoms with E-state index in [9.17, 15) is 9.59 Å². The molecule has 2 aliphatic rings. The monoisotopic (exact) mass is 253 g/mol. The van der Waals surface area contributed by atoms with E-state index in [2.05, 4.69) is 10.6 Å². The number of carbonyl (C=O) groups excluding carboxylic acids is 2. The average molecular weight is 253 g/mol. The van der Waals surface area contributed by atoms with Crippen LogP contribution < -0.4 is 10.6 Å². The van der Waals surface area contributed by atoms with Crippen LogP contribution in [0.2, 0.25) is 0 Å². The maximum Gasteiger partial charge on any atom is 0.318 e. The Balaban J connectivity index is 1.91. The minimum atomic E-state index is -0.303. The average Bonchev–Trinajstić information content (AvgIpc) is 2.39. The molecule has 5 nitrogen and oxygen atoms in total. The van der Waals surface area contributed by atoms with Crippen LogP contribution in [0, 0.1) is 0 Å². The van der Waals surface area contributed by atoms with E-state index in [0.717, 1.165) is 12.8 Å². The maximum absolute atomic E-state index is 12.2. The SMILES string of the molecule is CCC1C(=O)NCCN1C(=O)NC1CCCCC1. The largest absolute Gasteiger partial charge is 0.353 e. The Bertz CT molecular complexity index is 313. The molecule has 0 spiro atoms. The summed E-state index contributed by atoms with van der Waals surface area (Å²) < 4.78 is 0. The third-order valence-electron chi connectivity index (χ3n) is 3.91. The van der Waals surface area contributed by atoms with E-state index in [0.29, 0.717) is 25.6 Å². The Morgan fingerprint density at radius 3 is 2.78 bits per heavy atom. The van der Waals surface area contributed by atoms with Crippen LogP contribution in [0.5, 0.6) is 0 Å². The van der Waals surface area contributed by atoms with Gasteiger partial charge in [0.05, 0.1) is 0 Å². The van der Waals surface area contributed by atoms with Gasteiger partial charge in [-0.25, -0.2) is 4.79 Å². The predicted octanol–water partition coefficient (Wildman–Crippen LogP) is 1.24. The van der Waals surface area contributed by atoms with Crippen LogP contribution in [0.1, 0.15) is 45.4 Å². The van der Waals surface area contributed by atoms with Gasteiger partial charge in [-0.05, 0) is 19.3 Å². The fourth-order valence-corrected chi connectivity index (χ4v) is 2.87. The fourth-order valence-electron chi connectivity index (χ4n) is 2.87. The number of nitrogens with zero attached hydrogens (tertiary/aromatic N) is 1. The second kappa shape index (κ2) is 6.07. The molecular weight excluding hydrogens is 230 g/mol. The number of piperazine rings is 1. The lowest BCUT2D eigenvalue weighted by atomic mass is 9.95. The fraction of sp³-hybridized carbons (Fsp3) is 0.846. The van der Waals surface area contributed by atoms with Crippen LogP contribution in [0.3, 0.4) is 0 Å². The summed E-state index contributed by atoms with van der Waals surface area (Å²) in [6.07, 6.45) is 6.48. The molecular formula is C13H23N3O2. The summed E-state index contributed by atoms with van der Waals surface area (Å²) in [4.78, 5) is 25.6. The highest BCUT2D eigenvalue weighted by Gasteiger charge is 2.32. The molecule has 0 aromatic carbocycles. The molecule has 2 rings (SSSR count). The molecule has 1 unspecified atom stereocenters. The van der Waals surface area contributed by atoms with E-state index in [4.69, 9.17) is 0 Å². The molecule has 0 aromatic rings. The molecule has 3 amide bonds. The first-order valence-corrected chi connectivity index (χ1v) is 7.07. The molecule has 1 saturated heterocycles. The maximum atomic E-state index is 12.2. The summed E-state index contributed by atoms with van der Waals surface area (Å²) in [5.41, 5.74) is 0. The number of rotatable bonds is 2. The molecule has 0 radical (unpaired) electrons. The molecule has 1 heterocycles. The smallest absolute Gasteiger partial charge is 0.318 e. The number of hydrogen-bond donors (Lipinski definition) is 2. The Morgan fingerprint density at radius 1 is 1.39 bits per heavy atom. The topological polar surface area (TPSA) is 61.4 Å². The molecule has 0 aromatic heterocycles. The van der Waals surface area contributed by atoms with Crippen LogP contribution in [-0.4, -0.2) is 42.0 Å². The first kappa shape index (κ1) is 13.2. The second-order valence-corrected chi connectivity index (χ2v) is 5.19. The first-order chi connectivity index (χ1) is 8.72. The summed E-state index contributed by atoms with van der Waals surface area (Å²) in [5.74, 6) is -0.0254. The van der Waals surface area contributed by atoms with E-state index in [1.54, 1.807) is 4.90 Å².